The Hall–Kier alpha value is -1.58. The highest BCUT2D eigenvalue weighted by molar-refractivity contribution is 5.92. The van der Waals surface area contributed by atoms with E-state index in [2.05, 4.69) is 29.5 Å². The Balaban J connectivity index is 2.01. The van der Waals surface area contributed by atoms with E-state index in [-0.39, 0.29) is 11.9 Å². The Morgan fingerprint density at radius 1 is 1.37 bits per heavy atom. The first-order valence-electron chi connectivity index (χ1n) is 7.13. The summed E-state index contributed by atoms with van der Waals surface area (Å²) >= 11 is 0. The van der Waals surface area contributed by atoms with Gasteiger partial charge in [0.05, 0.1) is 0 Å². The van der Waals surface area contributed by atoms with Crippen LogP contribution in [0, 0.1) is 11.8 Å². The zero-order valence-corrected chi connectivity index (χ0v) is 11.9. The van der Waals surface area contributed by atoms with Gasteiger partial charge < -0.3 is 10.6 Å². The SMILES string of the molecule is CCNc1cccc(C(=O)NC2CCC(C)C2C)n1. The van der Waals surface area contributed by atoms with E-state index < -0.39 is 0 Å². The van der Waals surface area contributed by atoms with Gasteiger partial charge in [-0.1, -0.05) is 19.9 Å². The first-order chi connectivity index (χ1) is 9.11. The first-order valence-corrected chi connectivity index (χ1v) is 7.13. The van der Waals surface area contributed by atoms with Crippen molar-refractivity contribution >= 4 is 11.7 Å². The average Bonchev–Trinajstić information content (AvgIpc) is 2.71. The van der Waals surface area contributed by atoms with E-state index in [1.165, 1.54) is 6.42 Å². The molecule has 0 saturated heterocycles. The molecule has 1 aromatic heterocycles. The van der Waals surface area contributed by atoms with Crippen LogP contribution in [-0.2, 0) is 0 Å². The number of hydrogen-bond acceptors (Lipinski definition) is 3. The molecule has 1 aromatic rings. The van der Waals surface area contributed by atoms with E-state index >= 15 is 0 Å². The molecular formula is C15H23N3O. The summed E-state index contributed by atoms with van der Waals surface area (Å²) in [5, 5.41) is 6.24. The Bertz CT molecular complexity index is 447. The van der Waals surface area contributed by atoms with Crippen molar-refractivity contribution in [3.05, 3.63) is 23.9 Å². The first kappa shape index (κ1) is 13.8. The fourth-order valence-electron chi connectivity index (χ4n) is 2.65. The number of amides is 1. The Labute approximate surface area is 115 Å². The largest absolute Gasteiger partial charge is 0.370 e. The molecule has 0 aliphatic heterocycles. The molecule has 0 radical (unpaired) electrons. The third kappa shape index (κ3) is 3.25. The second kappa shape index (κ2) is 6.04. The quantitative estimate of drug-likeness (QED) is 0.876. The van der Waals surface area contributed by atoms with Gasteiger partial charge >= 0.3 is 0 Å². The molecule has 2 rings (SSSR count). The lowest BCUT2D eigenvalue weighted by molar-refractivity contribution is 0.0922. The number of nitrogens with one attached hydrogen (secondary N) is 2. The normalized spacial score (nSPS) is 26.2. The van der Waals surface area contributed by atoms with Crippen molar-refractivity contribution in [1.29, 1.82) is 0 Å². The predicted octanol–water partition coefficient (Wildman–Crippen LogP) is 2.68. The maximum Gasteiger partial charge on any atom is 0.270 e. The summed E-state index contributed by atoms with van der Waals surface area (Å²) in [7, 11) is 0. The molecule has 3 atom stereocenters. The second-order valence-corrected chi connectivity index (χ2v) is 5.43. The Kier molecular flexibility index (Phi) is 4.40. The van der Waals surface area contributed by atoms with Crippen LogP contribution in [0.2, 0.25) is 0 Å². The smallest absolute Gasteiger partial charge is 0.270 e. The standard InChI is InChI=1S/C15H23N3O/c1-4-16-14-7-5-6-13(17-14)15(19)18-12-9-8-10(2)11(12)3/h5-7,10-12H,4,8-9H2,1-3H3,(H,16,17)(H,18,19). The van der Waals surface area contributed by atoms with Crippen molar-refractivity contribution in [2.75, 3.05) is 11.9 Å². The van der Waals surface area contributed by atoms with Gasteiger partial charge in [0.15, 0.2) is 0 Å². The molecule has 2 N–H and O–H groups in total. The van der Waals surface area contributed by atoms with Crippen molar-refractivity contribution in [2.24, 2.45) is 11.8 Å². The zero-order chi connectivity index (χ0) is 13.8. The molecule has 3 unspecified atom stereocenters. The highest BCUT2D eigenvalue weighted by Crippen LogP contribution is 2.31. The number of hydrogen-bond donors (Lipinski definition) is 2. The van der Waals surface area contributed by atoms with Crippen LogP contribution in [0.1, 0.15) is 44.1 Å². The van der Waals surface area contributed by atoms with Gasteiger partial charge in [-0.2, -0.15) is 0 Å². The van der Waals surface area contributed by atoms with Crippen molar-refractivity contribution in [3.8, 4) is 0 Å². The summed E-state index contributed by atoms with van der Waals surface area (Å²) < 4.78 is 0. The van der Waals surface area contributed by atoms with Gasteiger partial charge in [0.1, 0.15) is 11.5 Å². The van der Waals surface area contributed by atoms with Gasteiger partial charge in [0.25, 0.3) is 5.91 Å². The summed E-state index contributed by atoms with van der Waals surface area (Å²) in [6.07, 6.45) is 2.26. The number of anilines is 1. The third-order valence-electron chi connectivity index (χ3n) is 4.12. The number of nitrogens with zero attached hydrogens (tertiary/aromatic N) is 1. The predicted molar refractivity (Wildman–Crippen MR) is 77.2 cm³/mol. The van der Waals surface area contributed by atoms with Crippen LogP contribution in [0.15, 0.2) is 18.2 Å². The highest BCUT2D eigenvalue weighted by atomic mass is 16.1. The molecule has 0 aromatic carbocycles. The lowest BCUT2D eigenvalue weighted by Gasteiger charge is -2.19. The number of carbonyl (C=O) groups is 1. The fourth-order valence-corrected chi connectivity index (χ4v) is 2.65. The maximum absolute atomic E-state index is 12.2. The lowest BCUT2D eigenvalue weighted by atomic mass is 9.98. The topological polar surface area (TPSA) is 54.0 Å². The molecule has 1 saturated carbocycles. The van der Waals surface area contributed by atoms with Crippen molar-refractivity contribution in [1.82, 2.24) is 10.3 Å². The van der Waals surface area contributed by atoms with Gasteiger partial charge in [0.2, 0.25) is 0 Å². The van der Waals surface area contributed by atoms with E-state index in [0.717, 1.165) is 18.8 Å². The summed E-state index contributed by atoms with van der Waals surface area (Å²) in [6, 6.07) is 5.78. The molecule has 1 amide bonds. The molecule has 1 fully saturated rings. The zero-order valence-electron chi connectivity index (χ0n) is 11.9. The van der Waals surface area contributed by atoms with Gasteiger partial charge in [-0.05, 0) is 43.7 Å². The molecular weight excluding hydrogens is 238 g/mol. The second-order valence-electron chi connectivity index (χ2n) is 5.43. The van der Waals surface area contributed by atoms with Crippen LogP contribution >= 0.6 is 0 Å². The molecule has 1 heterocycles. The molecule has 4 heteroatoms. The van der Waals surface area contributed by atoms with E-state index in [9.17, 15) is 4.79 Å². The van der Waals surface area contributed by atoms with Crippen LogP contribution in [0.3, 0.4) is 0 Å². The summed E-state index contributed by atoms with van der Waals surface area (Å²) in [6.45, 7) is 7.28. The molecule has 1 aliphatic carbocycles. The van der Waals surface area contributed by atoms with Gasteiger partial charge in [0, 0.05) is 12.6 Å². The number of carbonyl (C=O) groups excluding carboxylic acids is 1. The fraction of sp³-hybridized carbons (Fsp3) is 0.600. The van der Waals surface area contributed by atoms with E-state index in [1.54, 1.807) is 6.07 Å². The average molecular weight is 261 g/mol. The van der Waals surface area contributed by atoms with E-state index in [4.69, 9.17) is 0 Å². The minimum Gasteiger partial charge on any atom is -0.370 e. The van der Waals surface area contributed by atoms with Crippen LogP contribution < -0.4 is 10.6 Å². The maximum atomic E-state index is 12.2. The van der Waals surface area contributed by atoms with Crippen LogP contribution in [0.4, 0.5) is 5.82 Å². The Morgan fingerprint density at radius 2 is 2.16 bits per heavy atom. The minimum absolute atomic E-state index is 0.0642. The number of aromatic nitrogens is 1. The molecule has 19 heavy (non-hydrogen) atoms. The summed E-state index contributed by atoms with van der Waals surface area (Å²) in [5.41, 5.74) is 0.491. The van der Waals surface area contributed by atoms with Gasteiger partial charge in [-0.15, -0.1) is 0 Å². The third-order valence-corrected chi connectivity index (χ3v) is 4.12. The number of rotatable bonds is 4. The summed E-state index contributed by atoms with van der Waals surface area (Å²) in [5.74, 6) is 1.92. The minimum atomic E-state index is -0.0642. The summed E-state index contributed by atoms with van der Waals surface area (Å²) in [4.78, 5) is 16.5. The molecule has 1 aliphatic rings. The number of pyridine rings is 1. The van der Waals surface area contributed by atoms with Crippen molar-refractivity contribution < 1.29 is 4.79 Å². The van der Waals surface area contributed by atoms with Crippen LogP contribution in [0.25, 0.3) is 0 Å². The van der Waals surface area contributed by atoms with E-state index in [1.807, 2.05) is 19.1 Å². The van der Waals surface area contributed by atoms with Crippen molar-refractivity contribution in [3.63, 3.8) is 0 Å². The van der Waals surface area contributed by atoms with E-state index in [0.29, 0.717) is 17.5 Å². The van der Waals surface area contributed by atoms with Crippen LogP contribution in [-0.4, -0.2) is 23.5 Å². The van der Waals surface area contributed by atoms with Gasteiger partial charge in [-0.25, -0.2) is 4.98 Å². The monoisotopic (exact) mass is 261 g/mol. The lowest BCUT2D eigenvalue weighted by Crippen LogP contribution is -2.37. The molecule has 0 spiro atoms. The highest BCUT2D eigenvalue weighted by Gasteiger charge is 2.31. The van der Waals surface area contributed by atoms with Crippen LogP contribution in [0.5, 0.6) is 0 Å². The molecule has 4 nitrogen and oxygen atoms in total. The molecule has 0 bridgehead atoms. The Morgan fingerprint density at radius 3 is 2.79 bits per heavy atom. The van der Waals surface area contributed by atoms with Gasteiger partial charge in [-0.3, -0.25) is 4.79 Å². The molecule has 104 valence electrons. The van der Waals surface area contributed by atoms with Crippen molar-refractivity contribution in [2.45, 2.75) is 39.7 Å².